The number of aryl methyl sites for hydroxylation is 1. The number of halogens is 1. The number of hydrogen-bond acceptors (Lipinski definition) is 3. The van der Waals surface area contributed by atoms with E-state index in [0.29, 0.717) is 5.69 Å². The maximum atomic E-state index is 11.8. The molecule has 2 N–H and O–H groups in total. The molecule has 0 heterocycles. The highest BCUT2D eigenvalue weighted by Crippen LogP contribution is 2.23. The minimum Gasteiger partial charge on any atom is -0.444 e. The smallest absolute Gasteiger partial charge is 0.407 e. The van der Waals surface area contributed by atoms with Crippen molar-refractivity contribution in [2.24, 2.45) is 0 Å². The average Bonchev–Trinajstić information content (AvgIpc) is 2.30. The van der Waals surface area contributed by atoms with Gasteiger partial charge in [0.05, 0.1) is 5.69 Å². The normalized spacial score (nSPS) is 10.9. The molecule has 0 fully saturated rings. The summed E-state index contributed by atoms with van der Waals surface area (Å²) in [5.41, 5.74) is 1.27. The van der Waals surface area contributed by atoms with Crippen molar-refractivity contribution in [2.45, 2.75) is 39.7 Å². The van der Waals surface area contributed by atoms with Crippen molar-refractivity contribution in [3.63, 3.8) is 0 Å². The molecule has 0 unspecified atom stereocenters. The predicted molar refractivity (Wildman–Crippen MR) is 86.4 cm³/mol. The number of anilines is 1. The first-order valence-corrected chi connectivity index (χ1v) is 7.49. The average molecular weight is 357 g/mol. The van der Waals surface area contributed by atoms with E-state index in [0.717, 1.165) is 10.0 Å². The van der Waals surface area contributed by atoms with Crippen LogP contribution in [0, 0.1) is 6.92 Å². The highest BCUT2D eigenvalue weighted by molar-refractivity contribution is 9.10. The summed E-state index contributed by atoms with van der Waals surface area (Å²) < 4.78 is 5.91. The minimum atomic E-state index is -0.543. The van der Waals surface area contributed by atoms with Gasteiger partial charge in [0, 0.05) is 17.4 Å². The monoisotopic (exact) mass is 356 g/mol. The Morgan fingerprint density at radius 1 is 1.29 bits per heavy atom. The van der Waals surface area contributed by atoms with Gasteiger partial charge >= 0.3 is 6.09 Å². The molecule has 6 heteroatoms. The van der Waals surface area contributed by atoms with Crippen LogP contribution in [0.5, 0.6) is 0 Å². The number of nitrogens with one attached hydrogen (secondary N) is 2. The molecule has 0 saturated heterocycles. The van der Waals surface area contributed by atoms with Crippen molar-refractivity contribution in [3.8, 4) is 0 Å². The molecule has 116 valence electrons. The number of hydrogen-bond donors (Lipinski definition) is 2. The lowest BCUT2D eigenvalue weighted by atomic mass is 10.2. The van der Waals surface area contributed by atoms with Crippen molar-refractivity contribution in [2.75, 3.05) is 11.9 Å². The summed E-state index contributed by atoms with van der Waals surface area (Å²) in [7, 11) is 0. The van der Waals surface area contributed by atoms with Gasteiger partial charge in [-0.05, 0) is 61.3 Å². The van der Waals surface area contributed by atoms with Crippen LogP contribution >= 0.6 is 15.9 Å². The van der Waals surface area contributed by atoms with Gasteiger partial charge in [0.15, 0.2) is 0 Å². The minimum absolute atomic E-state index is 0.171. The van der Waals surface area contributed by atoms with Gasteiger partial charge in [0.1, 0.15) is 5.60 Å². The van der Waals surface area contributed by atoms with Crippen LogP contribution in [0.2, 0.25) is 0 Å². The molecule has 0 aliphatic carbocycles. The van der Waals surface area contributed by atoms with Crippen molar-refractivity contribution in [3.05, 3.63) is 28.2 Å². The van der Waals surface area contributed by atoms with Gasteiger partial charge in [-0.3, -0.25) is 4.79 Å². The van der Waals surface area contributed by atoms with Crippen molar-refractivity contribution in [1.29, 1.82) is 0 Å². The van der Waals surface area contributed by atoms with Gasteiger partial charge in [-0.2, -0.15) is 0 Å². The van der Waals surface area contributed by atoms with E-state index in [1.165, 1.54) is 0 Å². The molecule has 0 aromatic heterocycles. The first-order chi connectivity index (χ1) is 9.67. The first-order valence-electron chi connectivity index (χ1n) is 6.70. The van der Waals surface area contributed by atoms with Gasteiger partial charge in [-0.25, -0.2) is 4.79 Å². The van der Waals surface area contributed by atoms with Crippen LogP contribution in [-0.2, 0) is 9.53 Å². The maximum absolute atomic E-state index is 11.8. The number of rotatable bonds is 4. The summed E-state index contributed by atoms with van der Waals surface area (Å²) in [5, 5.41) is 5.33. The predicted octanol–water partition coefficient (Wildman–Crippen LogP) is 3.61. The van der Waals surface area contributed by atoms with Crippen molar-refractivity contribution >= 4 is 33.6 Å². The molecule has 5 nitrogen and oxygen atoms in total. The number of ether oxygens (including phenoxy) is 1. The summed E-state index contributed by atoms with van der Waals surface area (Å²) in [6.07, 6.45) is -0.341. The third kappa shape index (κ3) is 7.13. The fraction of sp³-hybridized carbons (Fsp3) is 0.467. The Labute approximate surface area is 133 Å². The number of benzene rings is 1. The maximum Gasteiger partial charge on any atom is 0.407 e. The zero-order valence-electron chi connectivity index (χ0n) is 12.7. The highest BCUT2D eigenvalue weighted by Gasteiger charge is 2.16. The molecule has 1 rings (SSSR count). The second kappa shape index (κ2) is 7.45. The first kappa shape index (κ1) is 17.5. The highest BCUT2D eigenvalue weighted by atomic mass is 79.9. The third-order valence-electron chi connectivity index (χ3n) is 2.42. The summed E-state index contributed by atoms with van der Waals surface area (Å²) >= 11 is 3.40. The second-order valence-electron chi connectivity index (χ2n) is 5.71. The Kier molecular flexibility index (Phi) is 6.20. The zero-order chi connectivity index (χ0) is 16.0. The number of carbonyl (C=O) groups is 2. The fourth-order valence-electron chi connectivity index (χ4n) is 1.53. The van der Waals surface area contributed by atoms with E-state index in [-0.39, 0.29) is 18.9 Å². The lowest BCUT2D eigenvalue weighted by molar-refractivity contribution is -0.116. The molecular formula is C15H21BrN2O3. The van der Waals surface area contributed by atoms with Gasteiger partial charge < -0.3 is 15.4 Å². The van der Waals surface area contributed by atoms with E-state index < -0.39 is 11.7 Å². The molecular weight excluding hydrogens is 336 g/mol. The molecule has 0 aliphatic rings. The van der Waals surface area contributed by atoms with Gasteiger partial charge in [-0.1, -0.05) is 6.07 Å². The molecule has 0 bridgehead atoms. The Morgan fingerprint density at radius 3 is 2.52 bits per heavy atom. The topological polar surface area (TPSA) is 67.4 Å². The van der Waals surface area contributed by atoms with E-state index in [9.17, 15) is 9.59 Å². The standard InChI is InChI=1S/C15H21BrN2O3/c1-10-5-6-12(11(16)9-10)18-13(19)7-8-17-14(20)21-15(2,3)4/h5-6,9H,7-8H2,1-4H3,(H,17,20)(H,18,19). The Morgan fingerprint density at radius 2 is 1.95 bits per heavy atom. The molecule has 1 aromatic rings. The van der Waals surface area contributed by atoms with Gasteiger partial charge in [0.25, 0.3) is 0 Å². The summed E-state index contributed by atoms with van der Waals surface area (Å²) in [6, 6.07) is 5.67. The SMILES string of the molecule is Cc1ccc(NC(=O)CCNC(=O)OC(C)(C)C)c(Br)c1. The van der Waals surface area contributed by atoms with E-state index in [1.54, 1.807) is 20.8 Å². The van der Waals surface area contributed by atoms with Crippen LogP contribution in [-0.4, -0.2) is 24.1 Å². The van der Waals surface area contributed by atoms with E-state index >= 15 is 0 Å². The van der Waals surface area contributed by atoms with E-state index in [1.807, 2.05) is 25.1 Å². The van der Waals surface area contributed by atoms with Crippen LogP contribution in [0.3, 0.4) is 0 Å². The molecule has 21 heavy (non-hydrogen) atoms. The molecule has 0 spiro atoms. The molecule has 0 radical (unpaired) electrons. The lowest BCUT2D eigenvalue weighted by Crippen LogP contribution is -2.34. The van der Waals surface area contributed by atoms with Crippen molar-refractivity contribution < 1.29 is 14.3 Å². The Hall–Kier alpha value is -1.56. The van der Waals surface area contributed by atoms with Crippen molar-refractivity contribution in [1.82, 2.24) is 5.32 Å². The number of amides is 2. The van der Waals surface area contributed by atoms with Crippen LogP contribution in [0.15, 0.2) is 22.7 Å². The number of carbonyl (C=O) groups excluding carboxylic acids is 2. The van der Waals surface area contributed by atoms with Gasteiger partial charge in [0.2, 0.25) is 5.91 Å². The lowest BCUT2D eigenvalue weighted by Gasteiger charge is -2.19. The summed E-state index contributed by atoms with van der Waals surface area (Å²) in [4.78, 5) is 23.2. The molecule has 0 saturated carbocycles. The van der Waals surface area contributed by atoms with E-state index in [4.69, 9.17) is 4.74 Å². The largest absolute Gasteiger partial charge is 0.444 e. The van der Waals surface area contributed by atoms with Crippen LogP contribution in [0.1, 0.15) is 32.8 Å². The molecule has 1 aromatic carbocycles. The van der Waals surface area contributed by atoms with Crippen LogP contribution in [0.25, 0.3) is 0 Å². The van der Waals surface area contributed by atoms with E-state index in [2.05, 4.69) is 26.6 Å². The summed E-state index contributed by atoms with van der Waals surface area (Å²) in [6.45, 7) is 7.56. The summed E-state index contributed by atoms with van der Waals surface area (Å²) in [5.74, 6) is -0.171. The Balaban J connectivity index is 2.36. The second-order valence-corrected chi connectivity index (χ2v) is 6.56. The van der Waals surface area contributed by atoms with Gasteiger partial charge in [-0.15, -0.1) is 0 Å². The van der Waals surface area contributed by atoms with Crippen LogP contribution in [0.4, 0.5) is 10.5 Å². The quantitative estimate of drug-likeness (QED) is 0.865. The number of alkyl carbamates (subject to hydrolysis) is 1. The molecule has 0 aliphatic heterocycles. The molecule has 2 amide bonds. The van der Waals surface area contributed by atoms with Crippen LogP contribution < -0.4 is 10.6 Å². The molecule has 0 atom stereocenters. The Bertz CT molecular complexity index is 524. The fourth-order valence-corrected chi connectivity index (χ4v) is 2.12. The zero-order valence-corrected chi connectivity index (χ0v) is 14.3. The third-order valence-corrected chi connectivity index (χ3v) is 3.08.